The van der Waals surface area contributed by atoms with Crippen LogP contribution in [0.4, 0.5) is 5.69 Å². The maximum Gasteiger partial charge on any atom is 0.332 e. The molecule has 0 radical (unpaired) electrons. The van der Waals surface area contributed by atoms with Gasteiger partial charge in [-0.25, -0.2) is 18.2 Å². The summed E-state index contributed by atoms with van der Waals surface area (Å²) >= 11 is 0. The van der Waals surface area contributed by atoms with Crippen molar-refractivity contribution in [3.8, 4) is 0 Å². The number of carbonyl (C=O) groups excluding carboxylic acids is 1. The van der Waals surface area contributed by atoms with Gasteiger partial charge in [-0.1, -0.05) is 0 Å². The third-order valence-electron chi connectivity index (χ3n) is 7.31. The van der Waals surface area contributed by atoms with Crippen LogP contribution in [0.5, 0.6) is 0 Å². The Hall–Kier alpha value is -3.42. The molecule has 36 heavy (non-hydrogen) atoms. The number of hydrogen-bond acceptors (Lipinski definition) is 8. The van der Waals surface area contributed by atoms with Gasteiger partial charge in [-0.3, -0.25) is 23.4 Å². The number of amides is 1. The monoisotopic (exact) mass is 518 g/mol. The standard InChI is InChI=1S/C22H30N8O5S/c1-14-18(15(2)30(24-14)16-5-10-36(34,35)12-16)28-8-6-27(7-9-28)17(31)11-29-13-23-20-19(29)21(32)26(4)22(33)25(20)3/h13,16H,5-12H2,1-4H3. The van der Waals surface area contributed by atoms with E-state index < -0.39 is 21.1 Å². The number of anilines is 1. The fraction of sp³-hybridized carbons (Fsp3) is 0.591. The van der Waals surface area contributed by atoms with Crippen molar-refractivity contribution in [1.82, 2.24) is 33.4 Å². The zero-order valence-electron chi connectivity index (χ0n) is 20.8. The molecule has 2 fully saturated rings. The van der Waals surface area contributed by atoms with E-state index in [1.807, 2.05) is 18.5 Å². The molecule has 0 saturated carbocycles. The second-order valence-electron chi connectivity index (χ2n) is 9.64. The molecule has 1 unspecified atom stereocenters. The van der Waals surface area contributed by atoms with E-state index >= 15 is 0 Å². The molecule has 1 atom stereocenters. The molecule has 3 aromatic heterocycles. The van der Waals surface area contributed by atoms with E-state index in [1.54, 1.807) is 11.9 Å². The van der Waals surface area contributed by atoms with Crippen molar-refractivity contribution in [2.75, 3.05) is 42.6 Å². The second kappa shape index (κ2) is 8.61. The van der Waals surface area contributed by atoms with E-state index in [1.165, 1.54) is 22.5 Å². The van der Waals surface area contributed by atoms with E-state index in [0.29, 0.717) is 32.6 Å². The summed E-state index contributed by atoms with van der Waals surface area (Å²) in [6.45, 7) is 6.09. The summed E-state index contributed by atoms with van der Waals surface area (Å²) in [7, 11) is -0.0686. The maximum atomic E-state index is 13.1. The summed E-state index contributed by atoms with van der Waals surface area (Å²) in [6.07, 6.45) is 2.00. The van der Waals surface area contributed by atoms with Crippen LogP contribution in [0.25, 0.3) is 11.2 Å². The number of hydrogen-bond donors (Lipinski definition) is 0. The van der Waals surface area contributed by atoms with Crippen molar-refractivity contribution < 1.29 is 13.2 Å². The van der Waals surface area contributed by atoms with Gasteiger partial charge in [-0.15, -0.1) is 0 Å². The van der Waals surface area contributed by atoms with Gasteiger partial charge in [0.1, 0.15) is 6.54 Å². The summed E-state index contributed by atoms with van der Waals surface area (Å²) in [5.74, 6) is 0.183. The molecular weight excluding hydrogens is 488 g/mol. The average molecular weight is 519 g/mol. The second-order valence-corrected chi connectivity index (χ2v) is 11.9. The van der Waals surface area contributed by atoms with Crippen LogP contribution in [0.2, 0.25) is 0 Å². The van der Waals surface area contributed by atoms with Crippen LogP contribution in [0, 0.1) is 13.8 Å². The number of sulfone groups is 1. The van der Waals surface area contributed by atoms with Crippen LogP contribution in [0.1, 0.15) is 23.9 Å². The van der Waals surface area contributed by atoms with Crippen LogP contribution < -0.4 is 16.1 Å². The molecule has 1 amide bonds. The number of piperazine rings is 1. The fourth-order valence-corrected chi connectivity index (χ4v) is 7.07. The van der Waals surface area contributed by atoms with Gasteiger partial charge in [-0.05, 0) is 20.3 Å². The molecule has 3 aromatic rings. The Labute approximate surface area is 207 Å². The highest BCUT2D eigenvalue weighted by molar-refractivity contribution is 7.91. The lowest BCUT2D eigenvalue weighted by molar-refractivity contribution is -0.132. The SMILES string of the molecule is Cc1nn(C2CCS(=O)(=O)C2)c(C)c1N1CCN(C(=O)Cn2cnc3c2c(=O)n(C)c(=O)n3C)CC1. The number of nitrogens with zero attached hydrogens (tertiary/aromatic N) is 8. The van der Waals surface area contributed by atoms with Crippen LogP contribution in [0.15, 0.2) is 15.9 Å². The molecule has 2 aliphatic heterocycles. The molecule has 5 heterocycles. The largest absolute Gasteiger partial charge is 0.365 e. The Morgan fingerprint density at radius 3 is 2.42 bits per heavy atom. The first-order valence-electron chi connectivity index (χ1n) is 11.9. The molecule has 2 saturated heterocycles. The molecule has 0 aliphatic carbocycles. The Morgan fingerprint density at radius 1 is 1.08 bits per heavy atom. The first-order chi connectivity index (χ1) is 17.0. The van der Waals surface area contributed by atoms with Crippen molar-refractivity contribution in [1.29, 1.82) is 0 Å². The summed E-state index contributed by atoms with van der Waals surface area (Å²) in [5.41, 5.74) is 2.31. The van der Waals surface area contributed by atoms with E-state index in [9.17, 15) is 22.8 Å². The van der Waals surface area contributed by atoms with Gasteiger partial charge in [0, 0.05) is 40.3 Å². The number of carbonyl (C=O) groups is 1. The number of aryl methyl sites for hydroxylation is 2. The number of fused-ring (bicyclic) bond motifs is 1. The Morgan fingerprint density at radius 2 is 1.78 bits per heavy atom. The van der Waals surface area contributed by atoms with Gasteiger partial charge in [0.15, 0.2) is 21.0 Å². The van der Waals surface area contributed by atoms with Gasteiger partial charge < -0.3 is 14.4 Å². The summed E-state index contributed by atoms with van der Waals surface area (Å²) in [4.78, 5) is 46.0. The topological polar surface area (TPSA) is 137 Å². The Bertz CT molecular complexity index is 1590. The van der Waals surface area contributed by atoms with Gasteiger partial charge in [0.2, 0.25) is 5.91 Å². The Balaban J connectivity index is 1.29. The normalized spacial score (nSPS) is 19.9. The molecular formula is C22H30N8O5S. The molecule has 0 N–H and O–H groups in total. The van der Waals surface area contributed by atoms with Crippen molar-refractivity contribution in [2.45, 2.75) is 32.9 Å². The predicted octanol–water partition coefficient (Wildman–Crippen LogP) is -1.04. The highest BCUT2D eigenvalue weighted by Gasteiger charge is 2.33. The lowest BCUT2D eigenvalue weighted by atomic mass is 10.2. The third-order valence-corrected chi connectivity index (χ3v) is 9.06. The lowest BCUT2D eigenvalue weighted by Crippen LogP contribution is -2.50. The van der Waals surface area contributed by atoms with Crippen molar-refractivity contribution in [3.63, 3.8) is 0 Å². The summed E-state index contributed by atoms with van der Waals surface area (Å²) in [6, 6.07) is -0.137. The van der Waals surface area contributed by atoms with E-state index in [0.717, 1.165) is 21.6 Å². The van der Waals surface area contributed by atoms with E-state index in [2.05, 4.69) is 15.0 Å². The molecule has 194 valence electrons. The van der Waals surface area contributed by atoms with Crippen LogP contribution >= 0.6 is 0 Å². The first-order valence-corrected chi connectivity index (χ1v) is 13.7. The predicted molar refractivity (Wildman–Crippen MR) is 133 cm³/mol. The highest BCUT2D eigenvalue weighted by atomic mass is 32.2. The summed E-state index contributed by atoms with van der Waals surface area (Å²) < 4.78 is 29.5. The van der Waals surface area contributed by atoms with Crippen molar-refractivity contribution in [3.05, 3.63) is 38.6 Å². The summed E-state index contributed by atoms with van der Waals surface area (Å²) in [5, 5.41) is 4.66. The molecule has 0 aromatic carbocycles. The molecule has 5 rings (SSSR count). The van der Waals surface area contributed by atoms with Gasteiger partial charge >= 0.3 is 5.69 Å². The molecule has 14 heteroatoms. The number of imidazole rings is 1. The highest BCUT2D eigenvalue weighted by Crippen LogP contribution is 2.31. The quantitative estimate of drug-likeness (QED) is 0.427. The van der Waals surface area contributed by atoms with Gasteiger partial charge in [-0.2, -0.15) is 5.10 Å². The van der Waals surface area contributed by atoms with Crippen molar-refractivity contribution in [2.24, 2.45) is 14.1 Å². The van der Waals surface area contributed by atoms with Crippen LogP contribution in [-0.4, -0.2) is 85.4 Å². The maximum absolute atomic E-state index is 13.1. The number of rotatable bonds is 4. The zero-order valence-corrected chi connectivity index (χ0v) is 21.7. The molecule has 0 bridgehead atoms. The molecule has 13 nitrogen and oxygen atoms in total. The van der Waals surface area contributed by atoms with Crippen LogP contribution in [-0.2, 0) is 35.3 Å². The van der Waals surface area contributed by atoms with Crippen LogP contribution in [0.3, 0.4) is 0 Å². The fourth-order valence-electron chi connectivity index (χ4n) is 5.38. The average Bonchev–Trinajstić information content (AvgIpc) is 3.51. The smallest absolute Gasteiger partial charge is 0.332 e. The third kappa shape index (κ3) is 3.92. The first kappa shape index (κ1) is 24.3. The van der Waals surface area contributed by atoms with Crippen molar-refractivity contribution >= 4 is 32.6 Å². The minimum Gasteiger partial charge on any atom is -0.365 e. The van der Waals surface area contributed by atoms with E-state index in [-0.39, 0.29) is 41.2 Å². The van der Waals surface area contributed by atoms with E-state index in [4.69, 9.17) is 0 Å². The Kier molecular flexibility index (Phi) is 5.80. The zero-order chi connectivity index (χ0) is 25.9. The molecule has 2 aliphatic rings. The number of aromatic nitrogens is 6. The van der Waals surface area contributed by atoms with Gasteiger partial charge in [0.05, 0.1) is 41.0 Å². The molecule has 0 spiro atoms. The van der Waals surface area contributed by atoms with Gasteiger partial charge in [0.25, 0.3) is 5.56 Å². The minimum atomic E-state index is -3.01. The minimum absolute atomic E-state index is 0.0455. The lowest BCUT2D eigenvalue weighted by Gasteiger charge is -2.36.